The number of amides is 1. The molecule has 1 amide bonds. The Labute approximate surface area is 215 Å². The van der Waals surface area contributed by atoms with Crippen LogP contribution in [0.5, 0.6) is 0 Å². The van der Waals surface area contributed by atoms with Crippen molar-refractivity contribution in [2.45, 2.75) is 61.4 Å². The molecule has 186 valence electrons. The first-order valence-electron chi connectivity index (χ1n) is 11.9. The van der Waals surface area contributed by atoms with Crippen LogP contribution in [0.25, 0.3) is 11.3 Å². The van der Waals surface area contributed by atoms with E-state index >= 15 is 0 Å². The molecule has 1 fully saturated rings. The second-order valence-corrected chi connectivity index (χ2v) is 12.2. The number of hydrogen-bond donors (Lipinski definition) is 0. The third kappa shape index (κ3) is 7.06. The number of aromatic nitrogens is 1. The number of hydrogen-bond acceptors (Lipinski definition) is 6. The Morgan fingerprint density at radius 2 is 1.91 bits per heavy atom. The molecule has 0 aliphatic carbocycles. The molecule has 4 rings (SSSR count). The Morgan fingerprint density at radius 3 is 2.63 bits per heavy atom. The summed E-state index contributed by atoms with van der Waals surface area (Å²) in [6.07, 6.45) is 2.12. The zero-order valence-corrected chi connectivity index (χ0v) is 22.3. The van der Waals surface area contributed by atoms with Crippen LogP contribution in [-0.4, -0.2) is 46.6 Å². The lowest BCUT2D eigenvalue weighted by atomic mass is 10.1. The minimum atomic E-state index is -0.576. The normalized spacial score (nSPS) is 14.3. The van der Waals surface area contributed by atoms with Gasteiger partial charge in [-0.3, -0.25) is 4.90 Å². The van der Waals surface area contributed by atoms with E-state index in [1.165, 1.54) is 40.7 Å². The summed E-state index contributed by atoms with van der Waals surface area (Å²) in [5.74, 6) is -0.311. The highest BCUT2D eigenvalue weighted by molar-refractivity contribution is 8.01. The minimum absolute atomic E-state index is 0.288. The monoisotopic (exact) mass is 513 g/mol. The van der Waals surface area contributed by atoms with Crippen molar-refractivity contribution in [2.24, 2.45) is 0 Å². The van der Waals surface area contributed by atoms with Gasteiger partial charge in [-0.15, -0.1) is 11.3 Å². The highest BCUT2D eigenvalue weighted by Crippen LogP contribution is 2.41. The van der Waals surface area contributed by atoms with Gasteiger partial charge >= 0.3 is 6.09 Å². The molecule has 1 aliphatic heterocycles. The van der Waals surface area contributed by atoms with E-state index in [-0.39, 0.29) is 12.4 Å². The number of likely N-dealkylation sites (tertiary alicyclic amines) is 1. The fourth-order valence-corrected chi connectivity index (χ4v) is 6.36. The Balaban J connectivity index is 1.59. The lowest BCUT2D eigenvalue weighted by Crippen LogP contribution is -2.33. The van der Waals surface area contributed by atoms with Crippen LogP contribution in [0.3, 0.4) is 0 Å². The first-order valence-corrected chi connectivity index (χ1v) is 13.5. The lowest BCUT2D eigenvalue weighted by molar-refractivity contribution is 0.0285. The van der Waals surface area contributed by atoms with Crippen molar-refractivity contribution < 1.29 is 13.9 Å². The predicted octanol–water partition coefficient (Wildman–Crippen LogP) is 7.06. The van der Waals surface area contributed by atoms with Gasteiger partial charge < -0.3 is 9.64 Å². The van der Waals surface area contributed by atoms with Gasteiger partial charge in [0.05, 0.1) is 16.4 Å². The van der Waals surface area contributed by atoms with Gasteiger partial charge in [0.15, 0.2) is 0 Å². The third-order valence-electron chi connectivity index (χ3n) is 5.56. The number of nitrogens with zero attached hydrogens (tertiary/aromatic N) is 3. The van der Waals surface area contributed by atoms with Crippen molar-refractivity contribution in [1.29, 1.82) is 0 Å². The van der Waals surface area contributed by atoms with E-state index in [4.69, 9.17) is 9.72 Å². The summed E-state index contributed by atoms with van der Waals surface area (Å²) < 4.78 is 21.1. The van der Waals surface area contributed by atoms with Gasteiger partial charge in [0.25, 0.3) is 0 Å². The van der Waals surface area contributed by atoms with E-state index in [1.54, 1.807) is 30.9 Å². The number of rotatable bonds is 7. The number of halogens is 1. The molecule has 0 saturated carbocycles. The predicted molar refractivity (Wildman–Crippen MR) is 140 cm³/mol. The van der Waals surface area contributed by atoms with E-state index in [1.807, 2.05) is 26.8 Å². The summed E-state index contributed by atoms with van der Waals surface area (Å²) in [6, 6.07) is 15.2. The van der Waals surface area contributed by atoms with E-state index < -0.39 is 11.7 Å². The number of ether oxygens (including phenoxy) is 1. The summed E-state index contributed by atoms with van der Waals surface area (Å²) in [6.45, 7) is 9.05. The lowest BCUT2D eigenvalue weighted by Gasteiger charge is -2.24. The quantitative estimate of drug-likeness (QED) is 0.338. The first kappa shape index (κ1) is 25.7. The van der Waals surface area contributed by atoms with Crippen LogP contribution in [-0.2, 0) is 17.8 Å². The van der Waals surface area contributed by atoms with Crippen LogP contribution < -0.4 is 0 Å². The molecule has 1 aliphatic rings. The van der Waals surface area contributed by atoms with Gasteiger partial charge in [-0.25, -0.2) is 14.2 Å². The van der Waals surface area contributed by atoms with Crippen molar-refractivity contribution in [3.05, 3.63) is 64.9 Å². The van der Waals surface area contributed by atoms with Crippen LogP contribution in [0.2, 0.25) is 0 Å². The second-order valence-electron chi connectivity index (χ2n) is 9.79. The maximum absolute atomic E-state index is 14.7. The standard InChI is InChI=1S/C27H32FN3O2S2/c1-27(2,3)33-26(32)30(4)18-23-29-24(21-12-5-6-13-22(21)28)25(35-23)34-20-11-9-10-19(16-20)17-31-14-7-8-15-31/h5-6,9-13,16H,7-8,14-15,17-18H2,1-4H3. The van der Waals surface area contributed by atoms with Crippen LogP contribution in [0.4, 0.5) is 9.18 Å². The van der Waals surface area contributed by atoms with Crippen molar-refractivity contribution >= 4 is 29.2 Å². The minimum Gasteiger partial charge on any atom is -0.444 e. The molecule has 0 bridgehead atoms. The molecule has 0 N–H and O–H groups in total. The molecule has 0 atom stereocenters. The highest BCUT2D eigenvalue weighted by Gasteiger charge is 2.23. The fourth-order valence-electron chi connectivity index (χ4n) is 3.93. The van der Waals surface area contributed by atoms with Crippen LogP contribution in [0.15, 0.2) is 57.6 Å². The van der Waals surface area contributed by atoms with Crippen molar-refractivity contribution in [3.63, 3.8) is 0 Å². The van der Waals surface area contributed by atoms with Gasteiger partial charge in [-0.05, 0) is 76.5 Å². The Bertz CT molecular complexity index is 1170. The number of benzene rings is 2. The van der Waals surface area contributed by atoms with Crippen molar-refractivity contribution in [2.75, 3.05) is 20.1 Å². The molecule has 2 heterocycles. The number of thiazole rings is 1. The average molecular weight is 514 g/mol. The molecule has 1 saturated heterocycles. The van der Waals surface area contributed by atoms with E-state index in [2.05, 4.69) is 29.2 Å². The second kappa shape index (κ2) is 11.1. The Kier molecular flexibility index (Phi) is 8.14. The fraction of sp³-hybridized carbons (Fsp3) is 0.407. The molecule has 0 unspecified atom stereocenters. The Morgan fingerprint density at radius 1 is 1.17 bits per heavy atom. The van der Waals surface area contributed by atoms with Gasteiger partial charge in [-0.2, -0.15) is 0 Å². The van der Waals surface area contributed by atoms with Crippen LogP contribution in [0.1, 0.15) is 44.2 Å². The SMILES string of the molecule is CN(Cc1nc(-c2ccccc2F)c(Sc2cccc(CN3CCCC3)c2)s1)C(=O)OC(C)(C)C. The molecule has 35 heavy (non-hydrogen) atoms. The van der Waals surface area contributed by atoms with Gasteiger partial charge in [0.2, 0.25) is 0 Å². The first-order chi connectivity index (χ1) is 16.7. The molecular formula is C27H32FN3O2S2. The molecule has 0 spiro atoms. The third-order valence-corrected chi connectivity index (χ3v) is 7.76. The van der Waals surface area contributed by atoms with Crippen molar-refractivity contribution in [3.8, 4) is 11.3 Å². The van der Waals surface area contributed by atoms with Crippen LogP contribution >= 0.6 is 23.1 Å². The zero-order chi connectivity index (χ0) is 25.0. The molecule has 0 radical (unpaired) electrons. The van der Waals surface area contributed by atoms with Gasteiger partial charge in [0, 0.05) is 24.1 Å². The largest absolute Gasteiger partial charge is 0.444 e. The maximum Gasteiger partial charge on any atom is 0.410 e. The molecule has 3 aromatic rings. The summed E-state index contributed by atoms with van der Waals surface area (Å²) >= 11 is 3.08. The van der Waals surface area contributed by atoms with Gasteiger partial charge in [0.1, 0.15) is 16.4 Å². The highest BCUT2D eigenvalue weighted by atomic mass is 32.2. The molecule has 8 heteroatoms. The van der Waals surface area contributed by atoms with E-state index in [9.17, 15) is 9.18 Å². The van der Waals surface area contributed by atoms with Crippen molar-refractivity contribution in [1.82, 2.24) is 14.8 Å². The summed E-state index contributed by atoms with van der Waals surface area (Å²) in [7, 11) is 1.69. The van der Waals surface area contributed by atoms with E-state index in [0.29, 0.717) is 11.3 Å². The molecule has 1 aromatic heterocycles. The zero-order valence-electron chi connectivity index (χ0n) is 20.7. The molecular weight excluding hydrogens is 481 g/mol. The average Bonchev–Trinajstić information content (AvgIpc) is 3.43. The molecule has 2 aromatic carbocycles. The summed E-state index contributed by atoms with van der Waals surface area (Å²) in [5.41, 5.74) is 1.77. The van der Waals surface area contributed by atoms with Gasteiger partial charge in [-0.1, -0.05) is 36.0 Å². The number of carbonyl (C=O) groups excluding carboxylic acids is 1. The summed E-state index contributed by atoms with van der Waals surface area (Å²) in [5, 5.41) is 0.729. The summed E-state index contributed by atoms with van der Waals surface area (Å²) in [4.78, 5) is 22.3. The van der Waals surface area contributed by atoms with E-state index in [0.717, 1.165) is 33.7 Å². The smallest absolute Gasteiger partial charge is 0.410 e. The Hall–Kier alpha value is -2.42. The molecule has 5 nitrogen and oxygen atoms in total. The van der Waals surface area contributed by atoms with Crippen LogP contribution in [0, 0.1) is 5.82 Å². The number of carbonyl (C=O) groups is 1. The maximum atomic E-state index is 14.7. The topological polar surface area (TPSA) is 45.7 Å².